The number of amides is 1. The number of tetrazole rings is 1. The molecule has 0 aliphatic rings. The van der Waals surface area contributed by atoms with Crippen molar-refractivity contribution >= 4 is 64.0 Å². The van der Waals surface area contributed by atoms with Gasteiger partial charge in [0.05, 0.1) is 12.4 Å². The lowest BCUT2D eigenvalue weighted by Crippen LogP contribution is -2.17. The van der Waals surface area contributed by atoms with Gasteiger partial charge < -0.3 is 26.6 Å². The molecular weight excluding hydrogens is 605 g/mol. The van der Waals surface area contributed by atoms with E-state index < -0.39 is 0 Å². The van der Waals surface area contributed by atoms with E-state index in [1.165, 1.54) is 6.20 Å². The van der Waals surface area contributed by atoms with E-state index in [1.807, 2.05) is 38.1 Å². The molecular formula is C28H31Cl2N13O. The summed E-state index contributed by atoms with van der Waals surface area (Å²) in [6.07, 6.45) is 3.08. The lowest BCUT2D eigenvalue weighted by atomic mass is 10.1. The van der Waals surface area contributed by atoms with Crippen molar-refractivity contribution in [2.24, 2.45) is 7.05 Å². The quantitative estimate of drug-likeness (QED) is 0.155. The van der Waals surface area contributed by atoms with Crippen molar-refractivity contribution in [2.45, 2.75) is 13.8 Å². The Bertz CT molecular complexity index is 1780. The van der Waals surface area contributed by atoms with Gasteiger partial charge in [-0.3, -0.25) is 4.79 Å². The van der Waals surface area contributed by atoms with Crippen molar-refractivity contribution < 1.29 is 4.79 Å². The van der Waals surface area contributed by atoms with Gasteiger partial charge in [0.1, 0.15) is 21.7 Å². The van der Waals surface area contributed by atoms with Gasteiger partial charge in [-0.1, -0.05) is 23.2 Å². The maximum atomic E-state index is 11.6. The van der Waals surface area contributed by atoms with Crippen LogP contribution in [0, 0.1) is 13.8 Å². The molecule has 0 saturated heterocycles. The van der Waals surface area contributed by atoms with Gasteiger partial charge in [0.2, 0.25) is 11.9 Å². The molecule has 0 radical (unpaired) electrons. The van der Waals surface area contributed by atoms with Crippen LogP contribution < -0.4 is 26.6 Å². The van der Waals surface area contributed by atoms with Crippen LogP contribution in [0.4, 0.5) is 34.9 Å². The van der Waals surface area contributed by atoms with E-state index in [9.17, 15) is 4.79 Å². The van der Waals surface area contributed by atoms with Crippen molar-refractivity contribution in [1.82, 2.24) is 45.5 Å². The van der Waals surface area contributed by atoms with Gasteiger partial charge in [0.25, 0.3) is 5.91 Å². The number of aromatic nitrogens is 8. The second-order valence-corrected chi connectivity index (χ2v) is 10.1. The highest BCUT2D eigenvalue weighted by Gasteiger charge is 2.11. The Morgan fingerprint density at radius 2 is 1.34 bits per heavy atom. The number of carbonyl (C=O) groups excluding carboxylic acids is 1. The van der Waals surface area contributed by atoms with Crippen LogP contribution in [-0.2, 0) is 7.05 Å². The van der Waals surface area contributed by atoms with Gasteiger partial charge in [-0.15, -0.1) is 5.10 Å². The maximum Gasteiger partial charge on any atom is 0.251 e. The summed E-state index contributed by atoms with van der Waals surface area (Å²) in [5, 5.41) is 27.1. The first-order chi connectivity index (χ1) is 21.1. The van der Waals surface area contributed by atoms with Crippen molar-refractivity contribution in [1.29, 1.82) is 0 Å². The zero-order valence-corrected chi connectivity index (χ0v) is 26.4. The molecule has 3 aromatic heterocycles. The average Bonchev–Trinajstić information content (AvgIpc) is 3.46. The fraction of sp³-hybridized carbons (Fsp3) is 0.214. The van der Waals surface area contributed by atoms with Crippen LogP contribution in [-0.4, -0.2) is 67.2 Å². The van der Waals surface area contributed by atoms with E-state index in [1.54, 1.807) is 51.2 Å². The fourth-order valence-corrected chi connectivity index (χ4v) is 4.32. The predicted octanol–water partition coefficient (Wildman–Crippen LogP) is 5.00. The third kappa shape index (κ3) is 7.65. The Kier molecular flexibility index (Phi) is 10.4. The van der Waals surface area contributed by atoms with Gasteiger partial charge >= 0.3 is 0 Å². The molecule has 16 heteroatoms. The fourth-order valence-electron chi connectivity index (χ4n) is 3.95. The van der Waals surface area contributed by atoms with Gasteiger partial charge in [0, 0.05) is 50.7 Å². The molecule has 0 bridgehead atoms. The summed E-state index contributed by atoms with van der Waals surface area (Å²) in [5.74, 6) is 2.61. The first kappa shape index (κ1) is 31.8. The molecule has 44 heavy (non-hydrogen) atoms. The molecule has 0 fully saturated rings. The molecule has 0 aliphatic heterocycles. The number of carbonyl (C=O) groups is 1. The summed E-state index contributed by atoms with van der Waals surface area (Å²) in [4.78, 5) is 28.4. The Morgan fingerprint density at radius 1 is 0.795 bits per heavy atom. The van der Waals surface area contributed by atoms with Crippen molar-refractivity contribution in [3.05, 3.63) is 75.5 Å². The number of hydrogen-bond acceptors (Lipinski definition) is 12. The average molecular weight is 637 g/mol. The standard InChI is InChI=1S/C14H15ClN8.C14H16ClN5O/c1-8-6-9(13-20-21-22-23(13)3)4-5-11(8)18-14-17-7-10(15)12(16-2)19-14;1-8-6-9(13(21)17-3)4-5-11(8)19-14-18-7-10(15)12(16-2)20-14/h4-7H,1-3H3,(H2,16,17,18,19);4-7H,1-3H3,(H,17,21)(H2,16,18,19,20). The summed E-state index contributed by atoms with van der Waals surface area (Å²) >= 11 is 11.9. The van der Waals surface area contributed by atoms with E-state index in [0.29, 0.717) is 45.0 Å². The normalized spacial score (nSPS) is 10.4. The summed E-state index contributed by atoms with van der Waals surface area (Å²) in [7, 11) is 6.90. The molecule has 0 aliphatic carbocycles. The third-order valence-electron chi connectivity index (χ3n) is 6.28. The minimum Gasteiger partial charge on any atom is -0.372 e. The van der Waals surface area contributed by atoms with Gasteiger partial charge in [-0.25, -0.2) is 14.6 Å². The van der Waals surface area contributed by atoms with Crippen LogP contribution >= 0.6 is 23.2 Å². The summed E-state index contributed by atoms with van der Waals surface area (Å²) in [6, 6.07) is 11.2. The molecule has 3 heterocycles. The van der Waals surface area contributed by atoms with Crippen LogP contribution in [0.2, 0.25) is 10.0 Å². The Hall–Kier alpha value is -5.08. The highest BCUT2D eigenvalue weighted by molar-refractivity contribution is 6.33. The topological polar surface area (TPSA) is 172 Å². The Labute approximate surface area is 264 Å². The van der Waals surface area contributed by atoms with Crippen molar-refractivity contribution in [2.75, 3.05) is 42.4 Å². The van der Waals surface area contributed by atoms with Crippen molar-refractivity contribution in [3.63, 3.8) is 0 Å². The minimum absolute atomic E-state index is 0.120. The molecule has 2 aromatic carbocycles. The second-order valence-electron chi connectivity index (χ2n) is 9.29. The van der Waals surface area contributed by atoms with Gasteiger partial charge in [0.15, 0.2) is 5.82 Å². The minimum atomic E-state index is -0.120. The molecule has 0 unspecified atom stereocenters. The number of rotatable bonds is 8. The highest BCUT2D eigenvalue weighted by atomic mass is 35.5. The largest absolute Gasteiger partial charge is 0.372 e. The maximum absolute atomic E-state index is 11.6. The Morgan fingerprint density at radius 3 is 1.80 bits per heavy atom. The van der Waals surface area contributed by atoms with Crippen LogP contribution in [0.5, 0.6) is 0 Å². The number of aryl methyl sites for hydroxylation is 3. The van der Waals surface area contributed by atoms with Crippen LogP contribution in [0.15, 0.2) is 48.8 Å². The number of benzene rings is 2. The third-order valence-corrected chi connectivity index (χ3v) is 6.83. The van der Waals surface area contributed by atoms with Gasteiger partial charge in [-0.2, -0.15) is 9.97 Å². The Balaban J connectivity index is 0.000000202. The van der Waals surface area contributed by atoms with Crippen LogP contribution in [0.3, 0.4) is 0 Å². The lowest BCUT2D eigenvalue weighted by Gasteiger charge is -2.11. The van der Waals surface area contributed by atoms with Gasteiger partial charge in [-0.05, 0) is 71.8 Å². The SMILES string of the molecule is CNC(=O)c1ccc(Nc2ncc(Cl)c(NC)n2)c(C)c1.CNc1nc(Nc2ccc(-c3nnnn3C)cc2C)ncc1Cl. The molecule has 5 rings (SSSR count). The van der Waals surface area contributed by atoms with Crippen LogP contribution in [0.25, 0.3) is 11.4 Å². The molecule has 5 aromatic rings. The predicted molar refractivity (Wildman–Crippen MR) is 173 cm³/mol. The number of anilines is 6. The summed E-state index contributed by atoms with van der Waals surface area (Å²) in [5.41, 5.74) is 5.21. The molecule has 5 N–H and O–H groups in total. The molecule has 14 nitrogen and oxygen atoms in total. The van der Waals surface area contributed by atoms with Crippen LogP contribution in [0.1, 0.15) is 21.5 Å². The van der Waals surface area contributed by atoms with Crippen molar-refractivity contribution in [3.8, 4) is 11.4 Å². The van der Waals surface area contributed by atoms with E-state index >= 15 is 0 Å². The first-order valence-corrected chi connectivity index (χ1v) is 14.0. The zero-order valence-electron chi connectivity index (χ0n) is 24.9. The highest BCUT2D eigenvalue weighted by Crippen LogP contribution is 2.26. The van der Waals surface area contributed by atoms with E-state index in [0.717, 1.165) is 28.1 Å². The number of halogens is 2. The first-order valence-electron chi connectivity index (χ1n) is 13.2. The summed E-state index contributed by atoms with van der Waals surface area (Å²) in [6.45, 7) is 3.90. The van der Waals surface area contributed by atoms with E-state index in [-0.39, 0.29) is 5.91 Å². The molecule has 0 spiro atoms. The lowest BCUT2D eigenvalue weighted by molar-refractivity contribution is 0.0963. The zero-order chi connectivity index (χ0) is 31.8. The number of nitrogens with zero attached hydrogens (tertiary/aromatic N) is 8. The van der Waals surface area contributed by atoms with E-state index in [2.05, 4.69) is 62.0 Å². The second kappa shape index (κ2) is 14.4. The molecule has 1 amide bonds. The molecule has 0 saturated carbocycles. The molecule has 0 atom stereocenters. The monoisotopic (exact) mass is 635 g/mol. The number of nitrogens with one attached hydrogen (secondary N) is 5. The number of hydrogen-bond donors (Lipinski definition) is 5. The van der Waals surface area contributed by atoms with E-state index in [4.69, 9.17) is 23.2 Å². The summed E-state index contributed by atoms with van der Waals surface area (Å²) < 4.78 is 1.63. The smallest absolute Gasteiger partial charge is 0.251 e. The molecule has 228 valence electrons.